The van der Waals surface area contributed by atoms with E-state index in [0.717, 1.165) is 28.0 Å². The van der Waals surface area contributed by atoms with E-state index in [9.17, 15) is 0 Å². The van der Waals surface area contributed by atoms with E-state index >= 15 is 0 Å². The minimum Gasteiger partial charge on any atom is -0.490 e. The molecule has 1 aliphatic rings. The fourth-order valence-corrected chi connectivity index (χ4v) is 4.33. The van der Waals surface area contributed by atoms with Gasteiger partial charge in [0.05, 0.1) is 18.0 Å². The van der Waals surface area contributed by atoms with Gasteiger partial charge in [0.25, 0.3) is 0 Å². The lowest BCUT2D eigenvalue weighted by Crippen LogP contribution is -1.98. The van der Waals surface area contributed by atoms with Crippen LogP contribution in [0, 0.1) is 3.57 Å². The summed E-state index contributed by atoms with van der Waals surface area (Å²) < 4.78 is 13.7. The Hall–Kier alpha value is -0.270. The lowest BCUT2D eigenvalue weighted by Gasteiger charge is -2.16. The third kappa shape index (κ3) is 3.56. The summed E-state index contributed by atoms with van der Waals surface area (Å²) in [5.41, 5.74) is 2.36. The Bertz CT molecular complexity index is 661. The van der Waals surface area contributed by atoms with Crippen LogP contribution in [0.5, 0.6) is 11.5 Å². The van der Waals surface area contributed by atoms with Gasteiger partial charge in [-0.25, -0.2) is 0 Å². The highest BCUT2D eigenvalue weighted by atomic mass is 127. The van der Waals surface area contributed by atoms with E-state index in [1.54, 1.807) is 0 Å². The first-order valence-electron chi connectivity index (χ1n) is 6.64. The normalized spacial score (nSPS) is 15.4. The van der Waals surface area contributed by atoms with Gasteiger partial charge >= 0.3 is 0 Å². The molecule has 110 valence electrons. The quantitative estimate of drug-likeness (QED) is 0.371. The van der Waals surface area contributed by atoms with Crippen LogP contribution >= 0.6 is 54.5 Å². The largest absolute Gasteiger partial charge is 0.490 e. The summed E-state index contributed by atoms with van der Waals surface area (Å²) in [6, 6.07) is 12.5. The number of hydrogen-bond donors (Lipinski definition) is 0. The molecular weight excluding hydrogens is 511 g/mol. The zero-order chi connectivity index (χ0) is 14.8. The summed E-state index contributed by atoms with van der Waals surface area (Å²) in [7, 11) is 0. The summed E-state index contributed by atoms with van der Waals surface area (Å²) in [6.07, 6.45) is 0.913. The maximum atomic E-state index is 5.79. The summed E-state index contributed by atoms with van der Waals surface area (Å²) in [4.78, 5) is 0.110. The van der Waals surface area contributed by atoms with Gasteiger partial charge in [-0.05, 0) is 58.0 Å². The van der Waals surface area contributed by atoms with Crippen molar-refractivity contribution < 1.29 is 9.47 Å². The Morgan fingerprint density at radius 2 is 1.76 bits per heavy atom. The van der Waals surface area contributed by atoms with Gasteiger partial charge < -0.3 is 9.47 Å². The van der Waals surface area contributed by atoms with Gasteiger partial charge in [0.2, 0.25) is 0 Å². The van der Waals surface area contributed by atoms with E-state index in [1.807, 2.05) is 6.07 Å². The molecule has 3 rings (SSSR count). The molecule has 1 atom stereocenters. The van der Waals surface area contributed by atoms with Crippen molar-refractivity contribution in [1.29, 1.82) is 0 Å². The third-order valence-electron chi connectivity index (χ3n) is 3.28. The highest BCUT2D eigenvalue weighted by Crippen LogP contribution is 2.42. The first-order valence-corrected chi connectivity index (χ1v) is 9.42. The molecule has 0 aromatic heterocycles. The molecule has 0 fully saturated rings. The van der Waals surface area contributed by atoms with E-state index in [2.05, 4.69) is 84.8 Å². The molecular formula is C16H13Br2IO2. The summed E-state index contributed by atoms with van der Waals surface area (Å²) in [6.45, 7) is 1.40. The first-order chi connectivity index (χ1) is 10.1. The lowest BCUT2D eigenvalue weighted by molar-refractivity contribution is 0.297. The predicted octanol–water partition coefficient (Wildman–Crippen LogP) is 5.70. The number of rotatable bonds is 2. The molecule has 5 heteroatoms. The Morgan fingerprint density at radius 3 is 2.48 bits per heavy atom. The molecule has 0 amide bonds. The fourth-order valence-electron chi connectivity index (χ4n) is 2.24. The van der Waals surface area contributed by atoms with E-state index in [1.165, 1.54) is 9.13 Å². The standard InChI is InChI=1S/C16H13Br2IO2/c17-13-9-15-14(20-5-2-6-21-15)8-12(13)16(18)10-3-1-4-11(19)7-10/h1,3-4,7-9,16H,2,5-6H2. The van der Waals surface area contributed by atoms with Crippen molar-refractivity contribution in [1.82, 2.24) is 0 Å². The Balaban J connectivity index is 2.00. The van der Waals surface area contributed by atoms with Crippen LogP contribution in [0.1, 0.15) is 22.4 Å². The smallest absolute Gasteiger partial charge is 0.162 e. The summed E-state index contributed by atoms with van der Waals surface area (Å²) >= 11 is 9.78. The van der Waals surface area contributed by atoms with Crippen LogP contribution in [0.15, 0.2) is 40.9 Å². The van der Waals surface area contributed by atoms with Gasteiger partial charge in [-0.1, -0.05) is 44.0 Å². The Morgan fingerprint density at radius 1 is 1.05 bits per heavy atom. The van der Waals surface area contributed by atoms with Crippen LogP contribution in [0.4, 0.5) is 0 Å². The van der Waals surface area contributed by atoms with Gasteiger partial charge in [-0.3, -0.25) is 0 Å². The molecule has 0 saturated heterocycles. The molecule has 2 nitrogen and oxygen atoms in total. The number of fused-ring (bicyclic) bond motifs is 1. The van der Waals surface area contributed by atoms with Crippen LogP contribution < -0.4 is 9.47 Å². The number of halogens is 3. The molecule has 1 unspecified atom stereocenters. The highest BCUT2D eigenvalue weighted by molar-refractivity contribution is 14.1. The monoisotopic (exact) mass is 522 g/mol. The summed E-state index contributed by atoms with van der Waals surface area (Å²) in [5, 5.41) is 0. The minimum atomic E-state index is 0.110. The van der Waals surface area contributed by atoms with Crippen molar-refractivity contribution in [2.75, 3.05) is 13.2 Å². The maximum Gasteiger partial charge on any atom is 0.162 e. The van der Waals surface area contributed by atoms with Crippen molar-refractivity contribution in [2.24, 2.45) is 0 Å². The van der Waals surface area contributed by atoms with Gasteiger partial charge in [-0.15, -0.1) is 0 Å². The molecule has 1 heterocycles. The van der Waals surface area contributed by atoms with Crippen LogP contribution in [0.3, 0.4) is 0 Å². The Kier molecular flexibility index (Phi) is 5.11. The van der Waals surface area contributed by atoms with Crippen LogP contribution in [-0.4, -0.2) is 13.2 Å². The van der Waals surface area contributed by atoms with E-state index in [0.29, 0.717) is 13.2 Å². The number of benzene rings is 2. The second-order valence-corrected chi connectivity index (χ2v) is 7.80. The minimum absolute atomic E-state index is 0.110. The molecule has 2 aromatic carbocycles. The molecule has 0 bridgehead atoms. The Labute approximate surface area is 154 Å². The number of hydrogen-bond acceptors (Lipinski definition) is 2. The van der Waals surface area contributed by atoms with Crippen LogP contribution in [0.2, 0.25) is 0 Å². The second-order valence-electron chi connectivity index (χ2n) is 4.79. The van der Waals surface area contributed by atoms with Crippen molar-refractivity contribution in [3.05, 3.63) is 55.6 Å². The summed E-state index contributed by atoms with van der Waals surface area (Å²) in [5.74, 6) is 1.63. The number of alkyl halides is 1. The van der Waals surface area contributed by atoms with Crippen molar-refractivity contribution >= 4 is 54.5 Å². The molecule has 0 aliphatic carbocycles. The zero-order valence-corrected chi connectivity index (χ0v) is 16.4. The molecule has 1 aliphatic heterocycles. The average molecular weight is 524 g/mol. The second kappa shape index (κ2) is 6.87. The van der Waals surface area contributed by atoms with Gasteiger partial charge in [0, 0.05) is 14.5 Å². The number of ether oxygens (including phenoxy) is 2. The molecule has 0 radical (unpaired) electrons. The lowest BCUT2D eigenvalue weighted by atomic mass is 10.0. The fraction of sp³-hybridized carbons (Fsp3) is 0.250. The van der Waals surface area contributed by atoms with E-state index < -0.39 is 0 Å². The van der Waals surface area contributed by atoms with E-state index in [-0.39, 0.29) is 4.83 Å². The van der Waals surface area contributed by atoms with Crippen molar-refractivity contribution in [3.8, 4) is 11.5 Å². The third-order valence-corrected chi connectivity index (χ3v) is 5.66. The van der Waals surface area contributed by atoms with Crippen LogP contribution in [0.25, 0.3) is 0 Å². The van der Waals surface area contributed by atoms with Crippen molar-refractivity contribution in [3.63, 3.8) is 0 Å². The highest BCUT2D eigenvalue weighted by Gasteiger charge is 2.19. The average Bonchev–Trinajstić information content (AvgIpc) is 2.70. The van der Waals surface area contributed by atoms with Gasteiger partial charge in [0.15, 0.2) is 11.5 Å². The molecule has 0 saturated carbocycles. The van der Waals surface area contributed by atoms with Crippen molar-refractivity contribution in [2.45, 2.75) is 11.2 Å². The topological polar surface area (TPSA) is 18.5 Å². The SMILES string of the molecule is Brc1cc2c(cc1C(Br)c1cccc(I)c1)OCCCO2. The molecule has 21 heavy (non-hydrogen) atoms. The zero-order valence-electron chi connectivity index (χ0n) is 11.1. The first kappa shape index (κ1) is 15.6. The molecule has 0 N–H and O–H groups in total. The van der Waals surface area contributed by atoms with Gasteiger partial charge in [0.1, 0.15) is 0 Å². The van der Waals surface area contributed by atoms with E-state index in [4.69, 9.17) is 9.47 Å². The van der Waals surface area contributed by atoms with Gasteiger partial charge in [-0.2, -0.15) is 0 Å². The predicted molar refractivity (Wildman–Crippen MR) is 99.7 cm³/mol. The molecule has 2 aromatic rings. The maximum absolute atomic E-state index is 5.79. The van der Waals surface area contributed by atoms with Crippen LogP contribution in [-0.2, 0) is 0 Å². The molecule has 0 spiro atoms.